The van der Waals surface area contributed by atoms with E-state index in [1.165, 1.54) is 0 Å². The van der Waals surface area contributed by atoms with Gasteiger partial charge < -0.3 is 18.8 Å². The van der Waals surface area contributed by atoms with E-state index in [1.807, 2.05) is 24.3 Å². The van der Waals surface area contributed by atoms with Gasteiger partial charge in [-0.05, 0) is 29.8 Å². The van der Waals surface area contributed by atoms with Crippen LogP contribution in [0, 0.1) is 0 Å². The molecule has 0 atom stereocenters. The smallest absolute Gasteiger partial charge is 0.336 e. The fourth-order valence-corrected chi connectivity index (χ4v) is 4.01. The van der Waals surface area contributed by atoms with Crippen LogP contribution in [0.1, 0.15) is 5.56 Å². The minimum Gasteiger partial charge on any atom is -0.454 e. The quantitative estimate of drug-likeness (QED) is 0.629. The number of halogens is 1. The van der Waals surface area contributed by atoms with Gasteiger partial charge in [0.05, 0.1) is 0 Å². The van der Waals surface area contributed by atoms with E-state index in [0.29, 0.717) is 23.6 Å². The molecule has 28 heavy (non-hydrogen) atoms. The van der Waals surface area contributed by atoms with Crippen molar-refractivity contribution in [3.8, 4) is 11.5 Å². The highest BCUT2D eigenvalue weighted by Crippen LogP contribution is 2.37. The minimum absolute atomic E-state index is 0.191. The van der Waals surface area contributed by atoms with Crippen LogP contribution in [0.3, 0.4) is 0 Å². The van der Waals surface area contributed by atoms with Crippen LogP contribution in [-0.2, 0) is 6.54 Å². The summed E-state index contributed by atoms with van der Waals surface area (Å²) in [5.41, 5.74) is 2.27. The monoisotopic (exact) mass is 398 g/mol. The van der Waals surface area contributed by atoms with E-state index in [9.17, 15) is 4.79 Å². The average molecular weight is 399 g/mol. The number of fused-ring (bicyclic) bond motifs is 2. The first-order valence-electron chi connectivity index (χ1n) is 9.25. The minimum atomic E-state index is -0.348. The molecule has 0 spiro atoms. The number of rotatable bonds is 3. The predicted octanol–water partition coefficient (Wildman–Crippen LogP) is 3.50. The van der Waals surface area contributed by atoms with Crippen molar-refractivity contribution in [1.29, 1.82) is 0 Å². The molecule has 7 heteroatoms. The normalized spacial score (nSPS) is 16.7. The maximum absolute atomic E-state index is 12.0. The number of piperazine rings is 1. The molecule has 2 aromatic carbocycles. The van der Waals surface area contributed by atoms with E-state index in [0.717, 1.165) is 47.8 Å². The van der Waals surface area contributed by atoms with E-state index in [1.54, 1.807) is 12.1 Å². The van der Waals surface area contributed by atoms with Crippen molar-refractivity contribution in [2.45, 2.75) is 6.54 Å². The molecule has 1 aromatic heterocycles. The van der Waals surface area contributed by atoms with Crippen LogP contribution in [-0.4, -0.2) is 37.9 Å². The summed E-state index contributed by atoms with van der Waals surface area (Å²) in [7, 11) is 0. The summed E-state index contributed by atoms with van der Waals surface area (Å²) >= 11 is 6.12. The van der Waals surface area contributed by atoms with Crippen molar-refractivity contribution < 1.29 is 13.9 Å². The Labute approximate surface area is 166 Å². The molecule has 0 amide bonds. The average Bonchev–Trinajstić information content (AvgIpc) is 3.14. The van der Waals surface area contributed by atoms with E-state index < -0.39 is 0 Å². The summed E-state index contributed by atoms with van der Waals surface area (Å²) in [6, 6.07) is 13.2. The molecule has 3 heterocycles. The number of benzene rings is 2. The first-order chi connectivity index (χ1) is 13.7. The molecule has 5 rings (SSSR count). The van der Waals surface area contributed by atoms with Crippen molar-refractivity contribution in [3.05, 3.63) is 63.5 Å². The largest absolute Gasteiger partial charge is 0.454 e. The third-order valence-electron chi connectivity index (χ3n) is 5.26. The number of ether oxygens (including phenoxy) is 2. The zero-order chi connectivity index (χ0) is 19.1. The molecular weight excluding hydrogens is 380 g/mol. The van der Waals surface area contributed by atoms with Gasteiger partial charge in [0.2, 0.25) is 6.79 Å². The lowest BCUT2D eigenvalue weighted by Gasteiger charge is -2.36. The zero-order valence-electron chi connectivity index (χ0n) is 15.2. The topological polar surface area (TPSA) is 55.2 Å². The van der Waals surface area contributed by atoms with Gasteiger partial charge >= 0.3 is 5.63 Å². The molecule has 1 fully saturated rings. The Morgan fingerprint density at radius 3 is 2.54 bits per heavy atom. The molecule has 0 aliphatic carbocycles. The van der Waals surface area contributed by atoms with Gasteiger partial charge in [0, 0.05) is 61.0 Å². The first kappa shape index (κ1) is 17.4. The van der Waals surface area contributed by atoms with Gasteiger partial charge in [0.1, 0.15) is 5.58 Å². The van der Waals surface area contributed by atoms with Gasteiger partial charge in [0.15, 0.2) is 11.5 Å². The van der Waals surface area contributed by atoms with E-state index in [4.69, 9.17) is 25.5 Å². The third-order valence-corrected chi connectivity index (χ3v) is 5.50. The lowest BCUT2D eigenvalue weighted by molar-refractivity contribution is 0.174. The van der Waals surface area contributed by atoms with Crippen molar-refractivity contribution in [2.24, 2.45) is 0 Å². The van der Waals surface area contributed by atoms with E-state index in [-0.39, 0.29) is 12.4 Å². The highest BCUT2D eigenvalue weighted by atomic mass is 35.5. The third kappa shape index (κ3) is 3.30. The number of nitrogens with zero attached hydrogens (tertiary/aromatic N) is 2. The van der Waals surface area contributed by atoms with Crippen LogP contribution in [0.5, 0.6) is 11.5 Å². The Morgan fingerprint density at radius 2 is 1.75 bits per heavy atom. The second-order valence-corrected chi connectivity index (χ2v) is 7.47. The number of hydrogen-bond acceptors (Lipinski definition) is 6. The van der Waals surface area contributed by atoms with Crippen LogP contribution in [0.15, 0.2) is 51.7 Å². The lowest BCUT2D eigenvalue weighted by Crippen LogP contribution is -2.46. The molecule has 144 valence electrons. The SMILES string of the molecule is O=c1cc(CN2CCN(c3cccc(Cl)c3)CC2)c2cc3c(cc2o1)OCO3. The fraction of sp³-hybridized carbons (Fsp3) is 0.286. The van der Waals surface area contributed by atoms with Gasteiger partial charge in [-0.1, -0.05) is 17.7 Å². The highest BCUT2D eigenvalue weighted by Gasteiger charge is 2.21. The van der Waals surface area contributed by atoms with Crippen molar-refractivity contribution in [3.63, 3.8) is 0 Å². The first-order valence-corrected chi connectivity index (χ1v) is 9.63. The number of hydrogen-bond donors (Lipinski definition) is 0. The summed E-state index contributed by atoms with van der Waals surface area (Å²) in [4.78, 5) is 16.7. The summed E-state index contributed by atoms with van der Waals surface area (Å²) in [5.74, 6) is 1.30. The summed E-state index contributed by atoms with van der Waals surface area (Å²) in [5, 5.41) is 1.64. The van der Waals surface area contributed by atoms with E-state index >= 15 is 0 Å². The Kier molecular flexibility index (Phi) is 4.37. The molecule has 3 aromatic rings. The molecule has 0 N–H and O–H groups in total. The van der Waals surface area contributed by atoms with Gasteiger partial charge in [-0.2, -0.15) is 0 Å². The maximum Gasteiger partial charge on any atom is 0.336 e. The van der Waals surface area contributed by atoms with Crippen molar-refractivity contribution in [2.75, 3.05) is 37.9 Å². The summed E-state index contributed by atoms with van der Waals surface area (Å²) < 4.78 is 16.2. The van der Waals surface area contributed by atoms with Crippen LogP contribution in [0.2, 0.25) is 5.02 Å². The van der Waals surface area contributed by atoms with Crippen LogP contribution in [0.4, 0.5) is 5.69 Å². The molecule has 1 saturated heterocycles. The maximum atomic E-state index is 12.0. The highest BCUT2D eigenvalue weighted by molar-refractivity contribution is 6.30. The molecule has 2 aliphatic heterocycles. The Hall–Kier alpha value is -2.70. The molecule has 0 saturated carbocycles. The standard InChI is InChI=1S/C21H19ClN2O4/c22-15-2-1-3-16(9-15)24-6-4-23(5-7-24)12-14-8-21(25)28-18-11-20-19(10-17(14)18)26-13-27-20/h1-3,8-11H,4-7,12-13H2. The lowest BCUT2D eigenvalue weighted by atomic mass is 10.1. The molecule has 0 radical (unpaired) electrons. The van der Waals surface area contributed by atoms with Crippen molar-refractivity contribution >= 4 is 28.3 Å². The second kappa shape index (κ2) is 7.04. The summed E-state index contributed by atoms with van der Waals surface area (Å²) in [6.07, 6.45) is 0. The second-order valence-electron chi connectivity index (χ2n) is 7.04. The fourth-order valence-electron chi connectivity index (χ4n) is 3.83. The molecule has 2 aliphatic rings. The van der Waals surface area contributed by atoms with Gasteiger partial charge in [-0.25, -0.2) is 4.79 Å². The molecule has 0 unspecified atom stereocenters. The van der Waals surface area contributed by atoms with Crippen molar-refractivity contribution in [1.82, 2.24) is 4.90 Å². The Balaban J connectivity index is 1.36. The predicted molar refractivity (Wildman–Crippen MR) is 108 cm³/mol. The Morgan fingerprint density at radius 1 is 0.964 bits per heavy atom. The van der Waals surface area contributed by atoms with Gasteiger partial charge in [-0.3, -0.25) is 4.90 Å². The van der Waals surface area contributed by atoms with Crippen LogP contribution >= 0.6 is 11.6 Å². The molecular formula is C21H19ClN2O4. The number of anilines is 1. The van der Waals surface area contributed by atoms with E-state index in [2.05, 4.69) is 15.9 Å². The zero-order valence-corrected chi connectivity index (χ0v) is 15.9. The van der Waals surface area contributed by atoms with Gasteiger partial charge in [0.25, 0.3) is 0 Å². The van der Waals surface area contributed by atoms with Gasteiger partial charge in [-0.15, -0.1) is 0 Å². The summed E-state index contributed by atoms with van der Waals surface area (Å²) in [6.45, 7) is 4.50. The molecule has 6 nitrogen and oxygen atoms in total. The molecule has 0 bridgehead atoms. The Bertz CT molecular complexity index is 1090. The van der Waals surface area contributed by atoms with Crippen LogP contribution in [0.25, 0.3) is 11.0 Å². The van der Waals surface area contributed by atoms with Crippen LogP contribution < -0.4 is 20.0 Å².